The van der Waals surface area contributed by atoms with Crippen molar-refractivity contribution in [2.24, 2.45) is 0 Å². The molecule has 0 saturated heterocycles. The van der Waals surface area contributed by atoms with Crippen LogP contribution in [0.4, 0.5) is 13.2 Å². The van der Waals surface area contributed by atoms with E-state index >= 15 is 0 Å². The number of methoxy groups -OCH3 is 1. The number of alkyl halides is 3. The van der Waals surface area contributed by atoms with Crippen molar-refractivity contribution in [3.63, 3.8) is 0 Å². The maximum atomic E-state index is 13.1. The van der Waals surface area contributed by atoms with Crippen molar-refractivity contribution in [1.29, 1.82) is 0 Å². The molecule has 1 heterocycles. The van der Waals surface area contributed by atoms with E-state index in [1.165, 1.54) is 30.3 Å². The molecule has 0 aliphatic carbocycles. The summed E-state index contributed by atoms with van der Waals surface area (Å²) < 4.78 is 51.0. The molecule has 0 bridgehead atoms. The molecule has 24 heavy (non-hydrogen) atoms. The second-order valence-electron chi connectivity index (χ2n) is 4.60. The summed E-state index contributed by atoms with van der Waals surface area (Å²) in [6.07, 6.45) is -1.60. The SMILES string of the molecule is CCn1nccc1OC(=O)c1ccc(C(F)(F)F)c(SC)c1OC. The lowest BCUT2D eigenvalue weighted by Gasteiger charge is -2.17. The number of rotatable bonds is 5. The van der Waals surface area contributed by atoms with Crippen molar-refractivity contribution in [3.8, 4) is 11.6 Å². The largest absolute Gasteiger partial charge is 0.495 e. The van der Waals surface area contributed by atoms with Gasteiger partial charge < -0.3 is 9.47 Å². The molecule has 0 amide bonds. The number of carbonyl (C=O) groups is 1. The van der Waals surface area contributed by atoms with E-state index in [-0.39, 0.29) is 22.1 Å². The van der Waals surface area contributed by atoms with Gasteiger partial charge in [0.05, 0.1) is 23.8 Å². The first kappa shape index (κ1) is 18.2. The van der Waals surface area contributed by atoms with Gasteiger partial charge in [-0.2, -0.15) is 18.3 Å². The number of aromatic nitrogens is 2. The van der Waals surface area contributed by atoms with Crippen LogP contribution in [0.25, 0.3) is 0 Å². The lowest BCUT2D eigenvalue weighted by Crippen LogP contribution is -2.15. The molecule has 0 aliphatic rings. The van der Waals surface area contributed by atoms with Gasteiger partial charge in [0.2, 0.25) is 5.88 Å². The predicted octanol–water partition coefficient (Wildman–Crippen LogP) is 3.87. The van der Waals surface area contributed by atoms with Crippen LogP contribution in [0.3, 0.4) is 0 Å². The molecule has 5 nitrogen and oxygen atoms in total. The van der Waals surface area contributed by atoms with Crippen molar-refractivity contribution >= 4 is 17.7 Å². The van der Waals surface area contributed by atoms with Gasteiger partial charge >= 0.3 is 12.1 Å². The Hall–Kier alpha value is -2.16. The van der Waals surface area contributed by atoms with Crippen LogP contribution in [-0.2, 0) is 12.7 Å². The molecule has 0 fully saturated rings. The molecule has 1 aromatic heterocycles. The Balaban J connectivity index is 2.45. The van der Waals surface area contributed by atoms with Gasteiger partial charge in [-0.1, -0.05) is 0 Å². The molecule has 9 heteroatoms. The monoisotopic (exact) mass is 360 g/mol. The lowest BCUT2D eigenvalue weighted by atomic mass is 10.1. The summed E-state index contributed by atoms with van der Waals surface area (Å²) in [5.41, 5.74) is -0.944. The third kappa shape index (κ3) is 3.50. The van der Waals surface area contributed by atoms with E-state index in [4.69, 9.17) is 9.47 Å². The highest BCUT2D eigenvalue weighted by atomic mass is 32.2. The number of carbonyl (C=O) groups excluding carboxylic acids is 1. The Bertz CT molecular complexity index is 744. The van der Waals surface area contributed by atoms with Crippen LogP contribution in [0.2, 0.25) is 0 Å². The van der Waals surface area contributed by atoms with Crippen LogP contribution in [0, 0.1) is 0 Å². The number of benzene rings is 1. The summed E-state index contributed by atoms with van der Waals surface area (Å²) in [7, 11) is 1.21. The molecule has 0 saturated carbocycles. The van der Waals surface area contributed by atoms with Crippen molar-refractivity contribution in [1.82, 2.24) is 9.78 Å². The van der Waals surface area contributed by atoms with Crippen LogP contribution in [0.1, 0.15) is 22.8 Å². The fourth-order valence-electron chi connectivity index (χ4n) is 2.15. The van der Waals surface area contributed by atoms with Crippen molar-refractivity contribution in [2.45, 2.75) is 24.5 Å². The molecule has 0 atom stereocenters. The number of halogens is 3. The quantitative estimate of drug-likeness (QED) is 0.598. The number of nitrogens with zero attached hydrogens (tertiary/aromatic N) is 2. The first-order chi connectivity index (χ1) is 11.3. The fourth-order valence-corrected chi connectivity index (χ4v) is 2.93. The van der Waals surface area contributed by atoms with Gasteiger partial charge in [-0.05, 0) is 25.3 Å². The van der Waals surface area contributed by atoms with E-state index in [0.29, 0.717) is 6.54 Å². The summed E-state index contributed by atoms with van der Waals surface area (Å²) in [4.78, 5) is 12.2. The Morgan fingerprint density at radius 1 is 1.33 bits per heavy atom. The predicted molar refractivity (Wildman–Crippen MR) is 82.6 cm³/mol. The molecular weight excluding hydrogens is 345 g/mol. The molecule has 130 valence electrons. The zero-order chi connectivity index (χ0) is 17.9. The number of thioether (sulfide) groups is 1. The molecule has 0 N–H and O–H groups in total. The Morgan fingerprint density at radius 3 is 2.58 bits per heavy atom. The highest BCUT2D eigenvalue weighted by molar-refractivity contribution is 7.98. The van der Waals surface area contributed by atoms with Gasteiger partial charge in [-0.25, -0.2) is 9.48 Å². The van der Waals surface area contributed by atoms with Gasteiger partial charge in [-0.3, -0.25) is 0 Å². The minimum Gasteiger partial charge on any atom is -0.495 e. The highest BCUT2D eigenvalue weighted by Crippen LogP contribution is 2.42. The summed E-state index contributed by atoms with van der Waals surface area (Å²) in [5, 5.41) is 3.96. The normalized spacial score (nSPS) is 11.4. The lowest BCUT2D eigenvalue weighted by molar-refractivity contribution is -0.139. The molecule has 0 aliphatic heterocycles. The van der Waals surface area contributed by atoms with Crippen LogP contribution in [0.15, 0.2) is 29.3 Å². The van der Waals surface area contributed by atoms with Gasteiger partial charge in [-0.15, -0.1) is 11.8 Å². The van der Waals surface area contributed by atoms with Gasteiger partial charge in [0.1, 0.15) is 11.3 Å². The van der Waals surface area contributed by atoms with E-state index in [0.717, 1.165) is 23.9 Å². The van der Waals surface area contributed by atoms with E-state index in [2.05, 4.69) is 5.10 Å². The number of aryl methyl sites for hydroxylation is 1. The van der Waals surface area contributed by atoms with Gasteiger partial charge in [0, 0.05) is 12.6 Å². The van der Waals surface area contributed by atoms with Gasteiger partial charge in [0.15, 0.2) is 0 Å². The number of hydrogen-bond donors (Lipinski definition) is 0. The van der Waals surface area contributed by atoms with E-state index in [1.807, 2.05) is 6.92 Å². The number of hydrogen-bond acceptors (Lipinski definition) is 5. The second-order valence-corrected chi connectivity index (χ2v) is 5.42. The molecule has 1 aromatic carbocycles. The zero-order valence-corrected chi connectivity index (χ0v) is 14.0. The summed E-state index contributed by atoms with van der Waals surface area (Å²) in [5.74, 6) is -0.772. The summed E-state index contributed by atoms with van der Waals surface area (Å²) in [6, 6.07) is 3.39. The number of ether oxygens (including phenoxy) is 2. The van der Waals surface area contributed by atoms with Crippen molar-refractivity contribution in [2.75, 3.05) is 13.4 Å². The van der Waals surface area contributed by atoms with Crippen LogP contribution in [0.5, 0.6) is 11.6 Å². The third-order valence-corrected chi connectivity index (χ3v) is 4.03. The molecule has 0 radical (unpaired) electrons. The second kappa shape index (κ2) is 7.16. The molecule has 0 spiro atoms. The molecular formula is C15H15F3N2O3S. The Labute approximate surface area is 140 Å². The maximum absolute atomic E-state index is 13.1. The maximum Gasteiger partial charge on any atom is 0.417 e. The topological polar surface area (TPSA) is 53.4 Å². The molecule has 2 rings (SSSR count). The van der Waals surface area contributed by atoms with E-state index in [1.54, 1.807) is 0 Å². The Kier molecular flexibility index (Phi) is 5.43. The van der Waals surface area contributed by atoms with Crippen LogP contribution < -0.4 is 9.47 Å². The first-order valence-corrected chi connectivity index (χ1v) is 8.12. The summed E-state index contributed by atoms with van der Waals surface area (Å²) >= 11 is 0.850. The minimum absolute atomic E-state index is 0.0845. The summed E-state index contributed by atoms with van der Waals surface area (Å²) in [6.45, 7) is 2.30. The zero-order valence-electron chi connectivity index (χ0n) is 13.2. The molecule has 0 unspecified atom stereocenters. The average Bonchev–Trinajstić information content (AvgIpc) is 2.99. The molecule has 2 aromatic rings. The highest BCUT2D eigenvalue weighted by Gasteiger charge is 2.36. The van der Waals surface area contributed by atoms with Gasteiger partial charge in [0.25, 0.3) is 0 Å². The van der Waals surface area contributed by atoms with Crippen molar-refractivity contribution in [3.05, 3.63) is 35.5 Å². The third-order valence-electron chi connectivity index (χ3n) is 3.22. The van der Waals surface area contributed by atoms with E-state index < -0.39 is 17.7 Å². The van der Waals surface area contributed by atoms with Crippen LogP contribution in [-0.4, -0.2) is 29.1 Å². The number of esters is 1. The van der Waals surface area contributed by atoms with Crippen LogP contribution >= 0.6 is 11.8 Å². The first-order valence-electron chi connectivity index (χ1n) is 6.89. The Morgan fingerprint density at radius 2 is 2.04 bits per heavy atom. The standard InChI is InChI=1S/C15H15F3N2O3S/c1-4-20-11(7-8-19-20)23-14(21)9-5-6-10(15(16,17)18)13(24-3)12(9)22-2/h5-8H,4H2,1-3H3. The minimum atomic E-state index is -4.55. The average molecular weight is 360 g/mol. The van der Waals surface area contributed by atoms with E-state index in [9.17, 15) is 18.0 Å². The van der Waals surface area contributed by atoms with Crippen molar-refractivity contribution < 1.29 is 27.4 Å². The fraction of sp³-hybridized carbons (Fsp3) is 0.333. The smallest absolute Gasteiger partial charge is 0.417 e.